The van der Waals surface area contributed by atoms with E-state index in [0.717, 1.165) is 4.68 Å². The molecule has 1 aromatic heterocycles. The SMILES string of the molecule is CC(=O)n1nc(N)c(N=Nc2cccc([N+](=O)[O-])c2)c1N. The van der Waals surface area contributed by atoms with E-state index in [4.69, 9.17) is 11.5 Å². The zero-order valence-corrected chi connectivity index (χ0v) is 10.9. The predicted molar refractivity (Wildman–Crippen MR) is 74.6 cm³/mol. The number of azo groups is 1. The van der Waals surface area contributed by atoms with Gasteiger partial charge in [-0.25, -0.2) is 0 Å². The second-order valence-corrected chi connectivity index (χ2v) is 4.03. The highest BCUT2D eigenvalue weighted by Gasteiger charge is 2.15. The first-order valence-corrected chi connectivity index (χ1v) is 5.71. The molecule has 0 aliphatic heterocycles. The Morgan fingerprint density at radius 2 is 2.10 bits per heavy atom. The van der Waals surface area contributed by atoms with Crippen LogP contribution in [0, 0.1) is 10.1 Å². The summed E-state index contributed by atoms with van der Waals surface area (Å²) in [6.45, 7) is 1.27. The number of benzene rings is 1. The van der Waals surface area contributed by atoms with E-state index >= 15 is 0 Å². The molecule has 2 rings (SSSR count). The van der Waals surface area contributed by atoms with Crippen LogP contribution >= 0.6 is 0 Å². The second-order valence-electron chi connectivity index (χ2n) is 4.03. The molecule has 0 fully saturated rings. The number of nitrogens with two attached hydrogens (primary N) is 2. The first-order chi connectivity index (χ1) is 9.90. The van der Waals surface area contributed by atoms with Crippen molar-refractivity contribution in [2.24, 2.45) is 10.2 Å². The zero-order valence-electron chi connectivity index (χ0n) is 10.9. The van der Waals surface area contributed by atoms with Crippen molar-refractivity contribution in [3.8, 4) is 0 Å². The van der Waals surface area contributed by atoms with Crippen LogP contribution in [-0.2, 0) is 0 Å². The van der Waals surface area contributed by atoms with Crippen molar-refractivity contribution < 1.29 is 9.72 Å². The molecule has 0 aliphatic carbocycles. The fourth-order valence-corrected chi connectivity index (χ4v) is 1.56. The molecular weight excluding hydrogens is 278 g/mol. The Morgan fingerprint density at radius 3 is 2.67 bits per heavy atom. The number of nitro benzene ring substituents is 1. The fourth-order valence-electron chi connectivity index (χ4n) is 1.56. The van der Waals surface area contributed by atoms with Crippen molar-refractivity contribution in [1.82, 2.24) is 9.78 Å². The molecule has 0 amide bonds. The maximum Gasteiger partial charge on any atom is 0.271 e. The molecule has 0 saturated heterocycles. The van der Waals surface area contributed by atoms with Gasteiger partial charge in [0.15, 0.2) is 17.3 Å². The fraction of sp³-hybridized carbons (Fsp3) is 0.0909. The molecule has 0 aliphatic rings. The Labute approximate surface area is 118 Å². The largest absolute Gasteiger partial charge is 0.382 e. The topological polar surface area (TPSA) is 155 Å². The van der Waals surface area contributed by atoms with Crippen molar-refractivity contribution in [2.75, 3.05) is 11.5 Å². The summed E-state index contributed by atoms with van der Waals surface area (Å²) in [7, 11) is 0. The number of nitrogen functional groups attached to an aromatic ring is 2. The van der Waals surface area contributed by atoms with Crippen LogP contribution in [0.4, 0.5) is 28.7 Å². The summed E-state index contributed by atoms with van der Waals surface area (Å²) in [5.41, 5.74) is 11.4. The molecule has 0 saturated carbocycles. The van der Waals surface area contributed by atoms with Crippen molar-refractivity contribution >= 4 is 34.6 Å². The lowest BCUT2D eigenvalue weighted by Crippen LogP contribution is -2.10. The molecule has 1 aromatic carbocycles. The molecule has 21 heavy (non-hydrogen) atoms. The average Bonchev–Trinajstić information content (AvgIpc) is 2.72. The summed E-state index contributed by atoms with van der Waals surface area (Å²) in [6, 6.07) is 5.57. The highest BCUT2D eigenvalue weighted by atomic mass is 16.6. The summed E-state index contributed by atoms with van der Waals surface area (Å²) in [4.78, 5) is 21.4. The van der Waals surface area contributed by atoms with Gasteiger partial charge >= 0.3 is 0 Å². The van der Waals surface area contributed by atoms with Crippen molar-refractivity contribution in [2.45, 2.75) is 6.92 Å². The Bertz CT molecular complexity index is 750. The first kappa shape index (κ1) is 14.1. The molecule has 0 spiro atoms. The molecule has 0 bridgehead atoms. The Balaban J connectivity index is 2.36. The number of rotatable bonds is 3. The van der Waals surface area contributed by atoms with Crippen molar-refractivity contribution in [3.63, 3.8) is 0 Å². The van der Waals surface area contributed by atoms with Gasteiger partial charge in [-0.05, 0) is 6.07 Å². The maximum atomic E-state index is 11.2. The van der Waals surface area contributed by atoms with Gasteiger partial charge < -0.3 is 11.5 Å². The summed E-state index contributed by atoms with van der Waals surface area (Å²) in [6.07, 6.45) is 0. The van der Waals surface area contributed by atoms with Crippen molar-refractivity contribution in [3.05, 3.63) is 34.4 Å². The quantitative estimate of drug-likeness (QED) is 0.500. The number of non-ortho nitro benzene ring substituents is 1. The lowest BCUT2D eigenvalue weighted by atomic mass is 10.3. The van der Waals surface area contributed by atoms with Crippen LogP contribution < -0.4 is 11.5 Å². The van der Waals surface area contributed by atoms with Crippen LogP contribution in [0.25, 0.3) is 0 Å². The minimum atomic E-state index is -0.546. The molecule has 108 valence electrons. The van der Waals surface area contributed by atoms with Crippen LogP contribution in [0.1, 0.15) is 11.7 Å². The van der Waals surface area contributed by atoms with Crippen LogP contribution in [0.3, 0.4) is 0 Å². The van der Waals surface area contributed by atoms with Gasteiger partial charge in [0, 0.05) is 19.1 Å². The maximum absolute atomic E-state index is 11.2. The van der Waals surface area contributed by atoms with Gasteiger partial charge in [-0.15, -0.1) is 10.2 Å². The zero-order chi connectivity index (χ0) is 15.6. The minimum Gasteiger partial charge on any atom is -0.382 e. The van der Waals surface area contributed by atoms with Crippen LogP contribution in [0.2, 0.25) is 0 Å². The summed E-state index contributed by atoms with van der Waals surface area (Å²) in [5, 5.41) is 22.0. The highest BCUT2D eigenvalue weighted by Crippen LogP contribution is 2.31. The van der Waals surface area contributed by atoms with E-state index in [0.29, 0.717) is 0 Å². The highest BCUT2D eigenvalue weighted by molar-refractivity contribution is 5.85. The predicted octanol–water partition coefficient (Wildman–Crippen LogP) is 2.03. The van der Waals surface area contributed by atoms with Crippen LogP contribution in [0.15, 0.2) is 34.5 Å². The normalized spacial score (nSPS) is 10.9. The number of carbonyl (C=O) groups is 1. The standard InChI is InChI=1S/C11H11N7O3/c1-6(19)17-11(13)9(10(12)16-17)15-14-7-3-2-4-8(5-7)18(20)21/h2-5H,13H2,1H3,(H2,12,16). The van der Waals surface area contributed by atoms with E-state index in [9.17, 15) is 14.9 Å². The van der Waals surface area contributed by atoms with Gasteiger partial charge in [-0.1, -0.05) is 6.07 Å². The van der Waals surface area contributed by atoms with Crippen LogP contribution in [0.5, 0.6) is 0 Å². The number of carbonyl (C=O) groups excluding carboxylic acids is 1. The molecule has 4 N–H and O–H groups in total. The Kier molecular flexibility index (Phi) is 3.61. The monoisotopic (exact) mass is 289 g/mol. The lowest BCUT2D eigenvalue weighted by molar-refractivity contribution is -0.384. The summed E-state index contributed by atoms with van der Waals surface area (Å²) in [5.74, 6) is -0.526. The summed E-state index contributed by atoms with van der Waals surface area (Å²) >= 11 is 0. The smallest absolute Gasteiger partial charge is 0.271 e. The second kappa shape index (κ2) is 5.36. The van der Waals surface area contributed by atoms with Gasteiger partial charge in [-0.3, -0.25) is 14.9 Å². The van der Waals surface area contributed by atoms with E-state index in [1.165, 1.54) is 31.2 Å². The van der Waals surface area contributed by atoms with E-state index in [-0.39, 0.29) is 28.7 Å². The van der Waals surface area contributed by atoms with E-state index < -0.39 is 10.8 Å². The minimum absolute atomic E-state index is 0.0386. The third-order valence-electron chi connectivity index (χ3n) is 2.53. The number of nitro groups is 1. The lowest BCUT2D eigenvalue weighted by Gasteiger charge is -1.96. The molecule has 10 nitrogen and oxygen atoms in total. The summed E-state index contributed by atoms with van der Waals surface area (Å²) < 4.78 is 0.900. The molecule has 2 aromatic rings. The number of aromatic nitrogens is 2. The molecule has 10 heteroatoms. The van der Waals surface area contributed by atoms with Gasteiger partial charge in [0.25, 0.3) is 5.69 Å². The molecule has 0 radical (unpaired) electrons. The average molecular weight is 289 g/mol. The first-order valence-electron chi connectivity index (χ1n) is 5.71. The van der Waals surface area contributed by atoms with Gasteiger partial charge in [0.2, 0.25) is 5.91 Å². The van der Waals surface area contributed by atoms with Gasteiger partial charge in [0.05, 0.1) is 10.6 Å². The number of hydrogen-bond acceptors (Lipinski definition) is 8. The Morgan fingerprint density at radius 1 is 1.38 bits per heavy atom. The van der Waals surface area contributed by atoms with Gasteiger partial charge in [0.1, 0.15) is 0 Å². The van der Waals surface area contributed by atoms with E-state index in [1.54, 1.807) is 0 Å². The number of anilines is 2. The molecule has 0 atom stereocenters. The number of nitrogens with zero attached hydrogens (tertiary/aromatic N) is 5. The third kappa shape index (κ3) is 2.83. The van der Waals surface area contributed by atoms with E-state index in [1.807, 2.05) is 0 Å². The van der Waals surface area contributed by atoms with Crippen LogP contribution in [-0.4, -0.2) is 20.6 Å². The Hall–Kier alpha value is -3.30. The molecule has 1 heterocycles. The molecule has 0 unspecified atom stereocenters. The van der Waals surface area contributed by atoms with E-state index in [2.05, 4.69) is 15.3 Å². The van der Waals surface area contributed by atoms with Crippen molar-refractivity contribution in [1.29, 1.82) is 0 Å². The third-order valence-corrected chi connectivity index (χ3v) is 2.53. The number of hydrogen-bond donors (Lipinski definition) is 2. The van der Waals surface area contributed by atoms with Gasteiger partial charge in [-0.2, -0.15) is 9.80 Å². The molecular formula is C11H11N7O3.